The smallest absolute Gasteiger partial charge is 0.351 e. The monoisotopic (exact) mass is 329 g/mol. The van der Waals surface area contributed by atoms with Gasteiger partial charge in [0.2, 0.25) is 0 Å². The highest BCUT2D eigenvalue weighted by atomic mass is 19.4. The Kier molecular flexibility index (Phi) is 5.29. The van der Waals surface area contributed by atoms with Crippen molar-refractivity contribution >= 4 is 5.91 Å². The summed E-state index contributed by atoms with van der Waals surface area (Å²) in [6, 6.07) is 0.821. The molecule has 1 N–H and O–H groups in total. The van der Waals surface area contributed by atoms with E-state index in [0.29, 0.717) is 13.1 Å². The molecule has 2 heterocycles. The predicted molar refractivity (Wildman–Crippen MR) is 81.0 cm³/mol. The number of pyridine rings is 1. The van der Waals surface area contributed by atoms with Crippen molar-refractivity contribution in [1.82, 2.24) is 15.2 Å². The maximum absolute atomic E-state index is 12.9. The Bertz CT molecular complexity index is 558. The van der Waals surface area contributed by atoms with Gasteiger partial charge in [0.05, 0.1) is 11.1 Å². The Morgan fingerprint density at radius 2 is 2.17 bits per heavy atom. The summed E-state index contributed by atoms with van der Waals surface area (Å²) in [6.45, 7) is 7.24. The fraction of sp³-hybridized carbons (Fsp3) is 0.625. The lowest BCUT2D eigenvalue weighted by atomic mass is 9.84. The molecule has 0 radical (unpaired) electrons. The van der Waals surface area contributed by atoms with E-state index in [1.165, 1.54) is 6.42 Å². The zero-order chi connectivity index (χ0) is 17.1. The van der Waals surface area contributed by atoms with Gasteiger partial charge in [-0.05, 0) is 30.9 Å². The van der Waals surface area contributed by atoms with Gasteiger partial charge in [-0.2, -0.15) is 13.2 Å². The van der Waals surface area contributed by atoms with Crippen LogP contribution in [-0.2, 0) is 6.18 Å². The van der Waals surface area contributed by atoms with Gasteiger partial charge in [-0.3, -0.25) is 9.78 Å². The second-order valence-corrected chi connectivity index (χ2v) is 6.72. The molecule has 2 rings (SSSR count). The van der Waals surface area contributed by atoms with Crippen molar-refractivity contribution in [3.63, 3.8) is 0 Å². The zero-order valence-corrected chi connectivity index (χ0v) is 13.4. The van der Waals surface area contributed by atoms with Crippen LogP contribution in [0.25, 0.3) is 0 Å². The quantitative estimate of drug-likeness (QED) is 0.924. The first-order valence-corrected chi connectivity index (χ1v) is 7.71. The number of nitrogens with one attached hydrogen (secondary N) is 1. The van der Waals surface area contributed by atoms with Crippen LogP contribution in [0.4, 0.5) is 13.2 Å². The number of carbonyl (C=O) groups excluding carboxylic acids is 1. The molecule has 0 atom stereocenters. The number of nitrogens with zero attached hydrogens (tertiary/aromatic N) is 2. The lowest BCUT2D eigenvalue weighted by molar-refractivity contribution is -0.138. The number of alkyl halides is 3. The van der Waals surface area contributed by atoms with Crippen LogP contribution in [0.5, 0.6) is 0 Å². The van der Waals surface area contributed by atoms with Crippen molar-refractivity contribution in [1.29, 1.82) is 0 Å². The maximum atomic E-state index is 12.9. The van der Waals surface area contributed by atoms with E-state index in [9.17, 15) is 18.0 Å². The van der Waals surface area contributed by atoms with E-state index < -0.39 is 23.2 Å². The molecule has 0 bridgehead atoms. The summed E-state index contributed by atoms with van der Waals surface area (Å²) in [5.74, 6) is -0.735. The number of piperidine rings is 1. The summed E-state index contributed by atoms with van der Waals surface area (Å²) >= 11 is 0. The molecule has 1 aliphatic rings. The average molecular weight is 329 g/mol. The Hall–Kier alpha value is -1.63. The molecule has 1 aromatic heterocycles. The van der Waals surface area contributed by atoms with Crippen LogP contribution < -0.4 is 5.32 Å². The van der Waals surface area contributed by atoms with E-state index in [0.717, 1.165) is 38.0 Å². The number of rotatable bonds is 4. The first-order chi connectivity index (χ1) is 10.7. The van der Waals surface area contributed by atoms with Crippen LogP contribution in [0, 0.1) is 5.41 Å². The highest BCUT2D eigenvalue weighted by molar-refractivity contribution is 5.95. The molecule has 1 saturated heterocycles. The first kappa shape index (κ1) is 17.7. The van der Waals surface area contributed by atoms with Gasteiger partial charge in [0.15, 0.2) is 0 Å². The van der Waals surface area contributed by atoms with Crippen LogP contribution >= 0.6 is 0 Å². The summed E-state index contributed by atoms with van der Waals surface area (Å²) in [5, 5.41) is 2.57. The predicted octanol–water partition coefficient (Wildman–Crippen LogP) is 2.95. The number of carbonyl (C=O) groups is 1. The Morgan fingerprint density at radius 1 is 1.43 bits per heavy atom. The standard InChI is InChI=1S/C16H22F3N3O/c1-15(2)5-3-8-22(11-15)9-7-21-14(23)12-10-20-6-4-13(12)16(17,18)19/h4,6,10H,3,5,7-9,11H2,1-2H3,(H,21,23). The van der Waals surface area contributed by atoms with Gasteiger partial charge in [-0.25, -0.2) is 0 Å². The van der Waals surface area contributed by atoms with Crippen molar-refractivity contribution in [3.05, 3.63) is 29.6 Å². The highest BCUT2D eigenvalue weighted by Gasteiger charge is 2.35. The van der Waals surface area contributed by atoms with Gasteiger partial charge in [0, 0.05) is 32.0 Å². The van der Waals surface area contributed by atoms with Gasteiger partial charge in [0.1, 0.15) is 0 Å². The molecule has 1 fully saturated rings. The second-order valence-electron chi connectivity index (χ2n) is 6.72. The molecule has 7 heteroatoms. The number of halogens is 3. The molecule has 1 amide bonds. The number of hydrogen-bond donors (Lipinski definition) is 1. The van der Waals surface area contributed by atoms with Gasteiger partial charge >= 0.3 is 6.18 Å². The summed E-state index contributed by atoms with van der Waals surface area (Å²) in [6.07, 6.45) is -0.299. The molecule has 4 nitrogen and oxygen atoms in total. The average Bonchev–Trinajstić information content (AvgIpc) is 2.45. The Morgan fingerprint density at radius 3 is 2.83 bits per heavy atom. The van der Waals surface area contributed by atoms with Crippen molar-refractivity contribution < 1.29 is 18.0 Å². The number of amides is 1. The fourth-order valence-electron chi connectivity index (χ4n) is 2.98. The summed E-state index contributed by atoms with van der Waals surface area (Å²) in [7, 11) is 0. The van der Waals surface area contributed by atoms with E-state index in [4.69, 9.17) is 0 Å². The van der Waals surface area contributed by atoms with Crippen molar-refractivity contribution in [3.8, 4) is 0 Å². The number of hydrogen-bond acceptors (Lipinski definition) is 3. The molecule has 128 valence electrons. The normalized spacial score (nSPS) is 18.7. The molecule has 0 saturated carbocycles. The topological polar surface area (TPSA) is 45.2 Å². The third kappa shape index (κ3) is 4.92. The third-order valence-corrected chi connectivity index (χ3v) is 4.06. The van der Waals surface area contributed by atoms with Crippen LogP contribution in [0.2, 0.25) is 0 Å². The van der Waals surface area contributed by atoms with Gasteiger partial charge < -0.3 is 10.2 Å². The van der Waals surface area contributed by atoms with Gasteiger partial charge in [0.25, 0.3) is 5.91 Å². The summed E-state index contributed by atoms with van der Waals surface area (Å²) in [4.78, 5) is 17.9. The molecule has 0 unspecified atom stereocenters. The van der Waals surface area contributed by atoms with Crippen LogP contribution in [0.15, 0.2) is 18.5 Å². The van der Waals surface area contributed by atoms with E-state index >= 15 is 0 Å². The van der Waals surface area contributed by atoms with Crippen molar-refractivity contribution in [2.24, 2.45) is 5.41 Å². The summed E-state index contributed by atoms with van der Waals surface area (Å²) in [5.41, 5.74) is -1.14. The number of aromatic nitrogens is 1. The lowest BCUT2D eigenvalue weighted by Crippen LogP contribution is -2.43. The highest BCUT2D eigenvalue weighted by Crippen LogP contribution is 2.31. The Labute approximate surface area is 134 Å². The molecular formula is C16H22F3N3O. The molecule has 0 aliphatic carbocycles. The molecule has 1 aromatic rings. The van der Waals surface area contributed by atoms with Crippen molar-refractivity contribution in [2.45, 2.75) is 32.9 Å². The van der Waals surface area contributed by atoms with Gasteiger partial charge in [-0.15, -0.1) is 0 Å². The minimum absolute atomic E-state index is 0.245. The molecule has 1 aliphatic heterocycles. The Balaban J connectivity index is 1.91. The minimum Gasteiger partial charge on any atom is -0.351 e. The molecule has 23 heavy (non-hydrogen) atoms. The van der Waals surface area contributed by atoms with E-state index in [1.807, 2.05) is 0 Å². The SMILES string of the molecule is CC1(C)CCCN(CCNC(=O)c2cnccc2C(F)(F)F)C1. The number of likely N-dealkylation sites (tertiary alicyclic amines) is 1. The first-order valence-electron chi connectivity index (χ1n) is 7.71. The van der Waals surface area contributed by atoms with E-state index in [-0.39, 0.29) is 5.41 Å². The van der Waals surface area contributed by atoms with Gasteiger partial charge in [-0.1, -0.05) is 13.8 Å². The maximum Gasteiger partial charge on any atom is 0.417 e. The largest absolute Gasteiger partial charge is 0.417 e. The molecule has 0 spiro atoms. The van der Waals surface area contributed by atoms with Crippen LogP contribution in [0.3, 0.4) is 0 Å². The fourth-order valence-corrected chi connectivity index (χ4v) is 2.98. The van der Waals surface area contributed by atoms with Crippen molar-refractivity contribution in [2.75, 3.05) is 26.2 Å². The molecular weight excluding hydrogens is 307 g/mol. The zero-order valence-electron chi connectivity index (χ0n) is 13.4. The van der Waals surface area contributed by atoms with E-state index in [2.05, 4.69) is 29.0 Å². The van der Waals surface area contributed by atoms with Crippen LogP contribution in [-0.4, -0.2) is 42.0 Å². The second kappa shape index (κ2) is 6.86. The van der Waals surface area contributed by atoms with Crippen LogP contribution in [0.1, 0.15) is 42.6 Å². The minimum atomic E-state index is -4.56. The summed E-state index contributed by atoms with van der Waals surface area (Å²) < 4.78 is 38.7. The molecule has 0 aromatic carbocycles. The lowest BCUT2D eigenvalue weighted by Gasteiger charge is -2.38. The third-order valence-electron chi connectivity index (χ3n) is 4.06. The van der Waals surface area contributed by atoms with E-state index in [1.54, 1.807) is 0 Å².